The van der Waals surface area contributed by atoms with Gasteiger partial charge in [0, 0.05) is 17.8 Å². The van der Waals surface area contributed by atoms with Crippen molar-refractivity contribution in [2.24, 2.45) is 0 Å². The summed E-state index contributed by atoms with van der Waals surface area (Å²) < 4.78 is 5.31. The van der Waals surface area contributed by atoms with Gasteiger partial charge in [0.2, 0.25) is 5.91 Å². The van der Waals surface area contributed by atoms with E-state index in [-0.39, 0.29) is 17.2 Å². The summed E-state index contributed by atoms with van der Waals surface area (Å²) in [5.74, 6) is 1.15. The van der Waals surface area contributed by atoms with Crippen molar-refractivity contribution in [1.29, 1.82) is 0 Å². The van der Waals surface area contributed by atoms with Crippen LogP contribution in [-0.2, 0) is 11.3 Å². The zero-order valence-corrected chi connectivity index (χ0v) is 20.2. The van der Waals surface area contributed by atoms with E-state index < -0.39 is 0 Å². The molecular formula is C27H28N2O3S. The van der Waals surface area contributed by atoms with E-state index in [1.54, 1.807) is 24.9 Å². The molecule has 3 aromatic rings. The minimum Gasteiger partial charge on any atom is -0.497 e. The van der Waals surface area contributed by atoms with Crippen molar-refractivity contribution in [1.82, 2.24) is 5.32 Å². The molecule has 0 aliphatic carbocycles. The van der Waals surface area contributed by atoms with Crippen LogP contribution in [0.5, 0.6) is 5.75 Å². The molecule has 5 nitrogen and oxygen atoms in total. The highest BCUT2D eigenvalue weighted by molar-refractivity contribution is 8.00. The zero-order valence-electron chi connectivity index (χ0n) is 19.3. The number of rotatable bonds is 6. The fourth-order valence-electron chi connectivity index (χ4n) is 4.06. The summed E-state index contributed by atoms with van der Waals surface area (Å²) in [7, 11) is 1.63. The number of nitrogens with one attached hydrogen (secondary N) is 1. The van der Waals surface area contributed by atoms with Crippen LogP contribution in [0.4, 0.5) is 5.69 Å². The molecule has 6 heteroatoms. The van der Waals surface area contributed by atoms with Crippen molar-refractivity contribution >= 4 is 29.3 Å². The van der Waals surface area contributed by atoms with Gasteiger partial charge in [0.05, 0.1) is 12.9 Å². The van der Waals surface area contributed by atoms with Gasteiger partial charge in [-0.15, -0.1) is 11.8 Å². The van der Waals surface area contributed by atoms with Crippen LogP contribution in [0.15, 0.2) is 60.7 Å². The quantitative estimate of drug-likeness (QED) is 0.540. The molecule has 0 bridgehead atoms. The van der Waals surface area contributed by atoms with Gasteiger partial charge in [-0.3, -0.25) is 14.5 Å². The predicted molar refractivity (Wildman–Crippen MR) is 134 cm³/mol. The van der Waals surface area contributed by atoms with Gasteiger partial charge >= 0.3 is 0 Å². The lowest BCUT2D eigenvalue weighted by molar-refractivity contribution is -0.115. The van der Waals surface area contributed by atoms with E-state index in [0.717, 1.165) is 33.7 Å². The molecule has 1 atom stereocenters. The van der Waals surface area contributed by atoms with E-state index in [1.165, 1.54) is 5.56 Å². The molecule has 33 heavy (non-hydrogen) atoms. The topological polar surface area (TPSA) is 58.6 Å². The van der Waals surface area contributed by atoms with Crippen LogP contribution >= 0.6 is 11.8 Å². The summed E-state index contributed by atoms with van der Waals surface area (Å²) in [6, 6.07) is 19.7. The highest BCUT2D eigenvalue weighted by Crippen LogP contribution is 2.42. The maximum atomic E-state index is 12.8. The third-order valence-electron chi connectivity index (χ3n) is 5.75. The van der Waals surface area contributed by atoms with E-state index in [2.05, 4.69) is 36.5 Å². The molecule has 1 unspecified atom stereocenters. The Bertz CT molecular complexity index is 1190. The molecule has 0 radical (unpaired) electrons. The lowest BCUT2D eigenvalue weighted by Gasteiger charge is -2.26. The van der Waals surface area contributed by atoms with Gasteiger partial charge in [-0.1, -0.05) is 35.9 Å². The fraction of sp³-hybridized carbons (Fsp3) is 0.259. The van der Waals surface area contributed by atoms with E-state index in [0.29, 0.717) is 17.9 Å². The smallest absolute Gasteiger partial charge is 0.251 e. The van der Waals surface area contributed by atoms with E-state index >= 15 is 0 Å². The van der Waals surface area contributed by atoms with Crippen molar-refractivity contribution in [2.45, 2.75) is 32.7 Å². The number of nitrogens with zero attached hydrogens (tertiary/aromatic N) is 1. The number of ether oxygens (including phenoxy) is 1. The summed E-state index contributed by atoms with van der Waals surface area (Å²) in [6.45, 7) is 6.41. The number of methoxy groups -OCH3 is 1. The maximum Gasteiger partial charge on any atom is 0.251 e. The summed E-state index contributed by atoms with van der Waals surface area (Å²) in [5, 5.41) is 2.92. The molecule has 0 aromatic heterocycles. The van der Waals surface area contributed by atoms with Gasteiger partial charge in [0.1, 0.15) is 11.1 Å². The summed E-state index contributed by atoms with van der Waals surface area (Å²) in [4.78, 5) is 27.4. The second-order valence-electron chi connectivity index (χ2n) is 8.38. The second-order valence-corrected chi connectivity index (χ2v) is 9.45. The average Bonchev–Trinajstić information content (AvgIpc) is 3.18. The number of aryl methyl sites for hydroxylation is 3. The van der Waals surface area contributed by atoms with Crippen LogP contribution in [0.1, 0.15) is 43.5 Å². The van der Waals surface area contributed by atoms with Gasteiger partial charge in [-0.25, -0.2) is 0 Å². The Kier molecular flexibility index (Phi) is 6.75. The molecule has 170 valence electrons. The Balaban J connectivity index is 1.51. The van der Waals surface area contributed by atoms with Crippen molar-refractivity contribution in [3.8, 4) is 5.75 Å². The molecule has 2 amide bonds. The number of thioether (sulfide) groups is 1. The van der Waals surface area contributed by atoms with Crippen LogP contribution < -0.4 is 15.0 Å². The highest BCUT2D eigenvalue weighted by atomic mass is 32.2. The number of benzene rings is 3. The minimum atomic E-state index is -0.151. The molecule has 1 N–H and O–H groups in total. The summed E-state index contributed by atoms with van der Waals surface area (Å²) in [5.41, 5.74) is 6.66. The monoisotopic (exact) mass is 460 g/mol. The number of hydrogen-bond acceptors (Lipinski definition) is 4. The van der Waals surface area contributed by atoms with Crippen LogP contribution in [0.2, 0.25) is 0 Å². The summed E-state index contributed by atoms with van der Waals surface area (Å²) in [6.07, 6.45) is 0. The van der Waals surface area contributed by atoms with Gasteiger partial charge in [-0.05, 0) is 73.4 Å². The van der Waals surface area contributed by atoms with Crippen molar-refractivity contribution in [2.75, 3.05) is 17.8 Å². The highest BCUT2D eigenvalue weighted by Gasteiger charge is 2.34. The Morgan fingerprint density at radius 1 is 1.03 bits per heavy atom. The maximum absolute atomic E-state index is 12.8. The van der Waals surface area contributed by atoms with E-state index in [9.17, 15) is 9.59 Å². The first-order valence-corrected chi connectivity index (χ1v) is 11.9. The van der Waals surface area contributed by atoms with Gasteiger partial charge in [-0.2, -0.15) is 0 Å². The fourth-order valence-corrected chi connectivity index (χ4v) is 5.23. The molecule has 1 heterocycles. The molecule has 0 spiro atoms. The Hall–Kier alpha value is -3.25. The lowest BCUT2D eigenvalue weighted by Crippen LogP contribution is -2.29. The largest absolute Gasteiger partial charge is 0.497 e. The van der Waals surface area contributed by atoms with E-state index in [1.807, 2.05) is 49.1 Å². The van der Waals surface area contributed by atoms with Crippen LogP contribution in [0, 0.1) is 20.8 Å². The first-order valence-electron chi connectivity index (χ1n) is 10.9. The van der Waals surface area contributed by atoms with Crippen molar-refractivity contribution < 1.29 is 14.3 Å². The Morgan fingerprint density at radius 3 is 2.48 bits per heavy atom. The molecule has 1 aliphatic rings. The number of carbonyl (C=O) groups is 2. The third kappa shape index (κ3) is 5.06. The molecular weight excluding hydrogens is 432 g/mol. The molecule has 1 saturated heterocycles. The predicted octanol–water partition coefficient (Wildman–Crippen LogP) is 5.33. The standard InChI is InChI=1S/C27H28N2O3S/c1-17-5-7-21(8-6-17)27-29(25(30)16-33-27)24-10-9-22(13-19(24)3)26(31)28-15-20-11-18(2)12-23(14-20)32-4/h5-14,27H,15-16H2,1-4H3,(H,28,31). The molecule has 1 aliphatic heterocycles. The normalized spacial score (nSPS) is 15.6. The van der Waals surface area contributed by atoms with Gasteiger partial charge < -0.3 is 10.1 Å². The van der Waals surface area contributed by atoms with Gasteiger partial charge in [0.25, 0.3) is 5.91 Å². The SMILES string of the molecule is COc1cc(C)cc(CNC(=O)c2ccc(N3C(=O)CSC3c3ccc(C)cc3)c(C)c2)c1. The molecule has 4 rings (SSSR count). The van der Waals surface area contributed by atoms with Crippen LogP contribution in [0.3, 0.4) is 0 Å². The minimum absolute atomic E-state index is 0.0622. The number of anilines is 1. The number of carbonyl (C=O) groups excluding carboxylic acids is 2. The number of hydrogen-bond donors (Lipinski definition) is 1. The van der Waals surface area contributed by atoms with E-state index in [4.69, 9.17) is 4.74 Å². The Labute approximate surface area is 199 Å². The van der Waals surface area contributed by atoms with Gasteiger partial charge in [0.15, 0.2) is 0 Å². The van der Waals surface area contributed by atoms with Crippen molar-refractivity contribution in [3.63, 3.8) is 0 Å². The number of amides is 2. The average molecular weight is 461 g/mol. The van der Waals surface area contributed by atoms with Crippen LogP contribution in [0.25, 0.3) is 0 Å². The zero-order chi connectivity index (χ0) is 23.5. The lowest BCUT2D eigenvalue weighted by atomic mass is 10.1. The first-order chi connectivity index (χ1) is 15.9. The summed E-state index contributed by atoms with van der Waals surface area (Å²) >= 11 is 1.63. The molecule has 1 fully saturated rings. The third-order valence-corrected chi connectivity index (χ3v) is 6.96. The first kappa shape index (κ1) is 22.9. The second kappa shape index (κ2) is 9.71. The van der Waals surface area contributed by atoms with Crippen molar-refractivity contribution in [3.05, 3.63) is 94.0 Å². The molecule has 0 saturated carbocycles. The Morgan fingerprint density at radius 2 is 1.79 bits per heavy atom. The van der Waals surface area contributed by atoms with Crippen LogP contribution in [-0.4, -0.2) is 24.7 Å². The molecule has 3 aromatic carbocycles.